The Morgan fingerprint density at radius 3 is 2.81 bits per heavy atom. The maximum atomic E-state index is 12.0. The number of hydrogen-bond acceptors (Lipinski definition) is 5. The topological polar surface area (TPSA) is 94.3 Å². The molecule has 0 aliphatic carbocycles. The van der Waals surface area contributed by atoms with E-state index < -0.39 is 10.0 Å². The van der Waals surface area contributed by atoms with Gasteiger partial charge in [0, 0.05) is 18.0 Å². The van der Waals surface area contributed by atoms with Gasteiger partial charge in [-0.1, -0.05) is 6.07 Å². The Kier molecular flexibility index (Phi) is 4.64. The van der Waals surface area contributed by atoms with Gasteiger partial charge in [0.25, 0.3) is 0 Å². The molecule has 3 N–H and O–H groups in total. The van der Waals surface area contributed by atoms with E-state index in [9.17, 15) is 8.42 Å². The lowest BCUT2D eigenvalue weighted by atomic mass is 10.3. The maximum absolute atomic E-state index is 12.0. The Balaban J connectivity index is 1.91. The monoisotopic (exact) mass is 307 g/mol. The van der Waals surface area contributed by atoms with Crippen LogP contribution in [0.5, 0.6) is 5.75 Å². The Morgan fingerprint density at radius 2 is 2.10 bits per heavy atom. The molecular formula is C14H17N3O3S. The van der Waals surface area contributed by atoms with Crippen LogP contribution in [0, 0.1) is 6.92 Å². The highest BCUT2D eigenvalue weighted by Gasteiger charge is 2.12. The zero-order valence-corrected chi connectivity index (χ0v) is 12.4. The molecule has 0 aliphatic heterocycles. The molecule has 0 radical (unpaired) electrons. The van der Waals surface area contributed by atoms with Crippen LogP contribution in [0.2, 0.25) is 0 Å². The van der Waals surface area contributed by atoms with E-state index in [-0.39, 0.29) is 12.4 Å². The van der Waals surface area contributed by atoms with Crippen molar-refractivity contribution in [2.45, 2.75) is 6.92 Å². The van der Waals surface area contributed by atoms with Crippen molar-refractivity contribution in [3.63, 3.8) is 0 Å². The Labute approximate surface area is 124 Å². The molecule has 0 unspecified atom stereocenters. The van der Waals surface area contributed by atoms with E-state index in [4.69, 9.17) is 10.5 Å². The van der Waals surface area contributed by atoms with Crippen molar-refractivity contribution >= 4 is 21.4 Å². The van der Waals surface area contributed by atoms with Crippen LogP contribution in [0.25, 0.3) is 0 Å². The Bertz CT molecular complexity index is 717. The second kappa shape index (κ2) is 6.45. The Hall–Kier alpha value is -2.28. The van der Waals surface area contributed by atoms with Crippen molar-refractivity contribution in [1.29, 1.82) is 0 Å². The number of nitrogens with two attached hydrogens (primary N) is 1. The summed E-state index contributed by atoms with van der Waals surface area (Å²) >= 11 is 0. The number of hydrogen-bond donors (Lipinski definition) is 2. The van der Waals surface area contributed by atoms with Crippen LogP contribution in [-0.2, 0) is 10.0 Å². The second-order valence-electron chi connectivity index (χ2n) is 4.48. The number of nitrogens with zero attached hydrogens (tertiary/aromatic N) is 1. The number of anilines is 2. The highest BCUT2D eigenvalue weighted by molar-refractivity contribution is 7.92. The van der Waals surface area contributed by atoms with E-state index in [0.29, 0.717) is 22.8 Å². The fourth-order valence-corrected chi connectivity index (χ4v) is 2.64. The van der Waals surface area contributed by atoms with Crippen molar-refractivity contribution < 1.29 is 13.2 Å². The van der Waals surface area contributed by atoms with Gasteiger partial charge in [0.1, 0.15) is 18.1 Å². The summed E-state index contributed by atoms with van der Waals surface area (Å²) in [5, 5.41) is 0. The van der Waals surface area contributed by atoms with Gasteiger partial charge in [-0.25, -0.2) is 8.42 Å². The number of ether oxygens (including phenoxy) is 1. The van der Waals surface area contributed by atoms with Crippen LogP contribution in [-0.4, -0.2) is 25.8 Å². The van der Waals surface area contributed by atoms with Crippen molar-refractivity contribution in [3.8, 4) is 5.75 Å². The van der Waals surface area contributed by atoms with Crippen LogP contribution in [0.1, 0.15) is 5.69 Å². The van der Waals surface area contributed by atoms with Gasteiger partial charge in [0.15, 0.2) is 0 Å². The lowest BCUT2D eigenvalue weighted by Crippen LogP contribution is -2.21. The van der Waals surface area contributed by atoms with Gasteiger partial charge < -0.3 is 10.5 Å². The number of aryl methyl sites for hydroxylation is 1. The first kappa shape index (κ1) is 15.1. The molecule has 0 atom stereocenters. The van der Waals surface area contributed by atoms with Gasteiger partial charge in [-0.2, -0.15) is 0 Å². The van der Waals surface area contributed by atoms with Gasteiger partial charge in [0.05, 0.1) is 11.4 Å². The highest BCUT2D eigenvalue weighted by atomic mass is 32.2. The third-order valence-electron chi connectivity index (χ3n) is 2.75. The quantitative estimate of drug-likeness (QED) is 0.793. The minimum atomic E-state index is -3.48. The average Bonchev–Trinajstić information content (AvgIpc) is 2.41. The molecule has 2 aromatic rings. The minimum Gasteiger partial charge on any atom is -0.492 e. The Morgan fingerprint density at radius 1 is 1.29 bits per heavy atom. The summed E-state index contributed by atoms with van der Waals surface area (Å²) in [5.41, 5.74) is 7.28. The summed E-state index contributed by atoms with van der Waals surface area (Å²) in [4.78, 5) is 4.03. The van der Waals surface area contributed by atoms with Crippen molar-refractivity contribution in [2.24, 2.45) is 0 Å². The summed E-state index contributed by atoms with van der Waals surface area (Å²) in [6.07, 6.45) is 1.61. The predicted octanol–water partition coefficient (Wildman–Crippen LogP) is 1.79. The normalized spacial score (nSPS) is 11.1. The van der Waals surface area contributed by atoms with Crippen molar-refractivity contribution in [1.82, 2.24) is 4.98 Å². The van der Waals surface area contributed by atoms with Crippen LogP contribution in [0.15, 0.2) is 42.6 Å². The van der Waals surface area contributed by atoms with Gasteiger partial charge in [-0.3, -0.25) is 9.71 Å². The maximum Gasteiger partial charge on any atom is 0.236 e. The lowest BCUT2D eigenvalue weighted by molar-refractivity contribution is 0.341. The predicted molar refractivity (Wildman–Crippen MR) is 82.7 cm³/mol. The summed E-state index contributed by atoms with van der Waals surface area (Å²) in [6, 6.07) is 10.2. The number of nitrogens with one attached hydrogen (secondary N) is 1. The molecule has 0 spiro atoms. The number of sulfonamides is 1. The molecule has 0 saturated heterocycles. The fourth-order valence-electron chi connectivity index (χ4n) is 1.68. The zero-order chi connectivity index (χ0) is 15.3. The molecule has 1 aromatic heterocycles. The van der Waals surface area contributed by atoms with Crippen molar-refractivity contribution in [3.05, 3.63) is 48.3 Å². The van der Waals surface area contributed by atoms with Crippen LogP contribution in [0.4, 0.5) is 11.4 Å². The summed E-state index contributed by atoms with van der Waals surface area (Å²) in [6.45, 7) is 1.78. The van der Waals surface area contributed by atoms with Gasteiger partial charge in [0.2, 0.25) is 10.0 Å². The molecule has 1 heterocycles. The standard InChI is InChI=1S/C14H17N3O3S/c1-11-14(6-3-7-16-11)17-21(18,19)9-8-20-13-5-2-4-12(15)10-13/h2-7,10,17H,8-9,15H2,1H3. The molecule has 0 amide bonds. The van der Waals surface area contributed by atoms with Gasteiger partial charge in [-0.05, 0) is 31.2 Å². The van der Waals surface area contributed by atoms with Gasteiger partial charge >= 0.3 is 0 Å². The molecule has 1 aromatic carbocycles. The van der Waals surface area contributed by atoms with Gasteiger partial charge in [-0.15, -0.1) is 0 Å². The molecule has 7 heteroatoms. The number of aromatic nitrogens is 1. The smallest absolute Gasteiger partial charge is 0.236 e. The van der Waals surface area contributed by atoms with Crippen LogP contribution >= 0.6 is 0 Å². The molecular weight excluding hydrogens is 290 g/mol. The number of rotatable bonds is 6. The van der Waals surface area contributed by atoms with Crippen LogP contribution < -0.4 is 15.2 Å². The molecule has 0 aliphatic rings. The first-order valence-corrected chi connectivity index (χ1v) is 8.02. The third-order valence-corrected chi connectivity index (χ3v) is 3.99. The molecule has 21 heavy (non-hydrogen) atoms. The number of pyridine rings is 1. The van der Waals surface area contributed by atoms with E-state index in [1.54, 1.807) is 49.5 Å². The average molecular weight is 307 g/mol. The van der Waals surface area contributed by atoms with E-state index in [2.05, 4.69) is 9.71 Å². The molecule has 112 valence electrons. The van der Waals surface area contributed by atoms with Crippen molar-refractivity contribution in [2.75, 3.05) is 22.8 Å². The first-order valence-electron chi connectivity index (χ1n) is 6.37. The minimum absolute atomic E-state index is 0.0398. The van der Waals surface area contributed by atoms with E-state index >= 15 is 0 Å². The molecule has 0 fully saturated rings. The fraction of sp³-hybridized carbons (Fsp3) is 0.214. The number of nitrogen functional groups attached to an aromatic ring is 1. The highest BCUT2D eigenvalue weighted by Crippen LogP contribution is 2.15. The molecule has 0 bridgehead atoms. The largest absolute Gasteiger partial charge is 0.492 e. The van der Waals surface area contributed by atoms with E-state index in [1.165, 1.54) is 0 Å². The molecule has 0 saturated carbocycles. The molecule has 2 rings (SSSR count). The van der Waals surface area contributed by atoms with E-state index in [1.807, 2.05) is 0 Å². The zero-order valence-electron chi connectivity index (χ0n) is 11.6. The summed E-state index contributed by atoms with van der Waals surface area (Å²) in [7, 11) is -3.48. The van der Waals surface area contributed by atoms with E-state index in [0.717, 1.165) is 0 Å². The first-order chi connectivity index (χ1) is 9.96. The lowest BCUT2D eigenvalue weighted by Gasteiger charge is -2.10. The molecule has 6 nitrogen and oxygen atoms in total. The summed E-state index contributed by atoms with van der Waals surface area (Å²) < 4.78 is 31.8. The SMILES string of the molecule is Cc1ncccc1NS(=O)(=O)CCOc1cccc(N)c1. The summed E-state index contributed by atoms with van der Waals surface area (Å²) in [5.74, 6) is 0.388. The van der Waals surface area contributed by atoms with Crippen LogP contribution in [0.3, 0.4) is 0 Å². The number of benzene rings is 1. The third kappa shape index (κ3) is 4.64. The second-order valence-corrected chi connectivity index (χ2v) is 6.32.